The molecule has 2 amide bonds. The zero-order valence-corrected chi connectivity index (χ0v) is 17.9. The molecule has 32 heavy (non-hydrogen) atoms. The van der Waals surface area contributed by atoms with Gasteiger partial charge in [-0.15, -0.1) is 0 Å². The molecule has 0 spiro atoms. The molecule has 5 rings (SSSR count). The number of hydrogen-bond acceptors (Lipinski definition) is 4. The molecule has 2 aliphatic heterocycles. The third-order valence-electron chi connectivity index (χ3n) is 6.63. The van der Waals surface area contributed by atoms with Gasteiger partial charge < -0.3 is 14.9 Å². The van der Waals surface area contributed by atoms with Crippen molar-refractivity contribution in [2.24, 2.45) is 0 Å². The maximum atomic E-state index is 12.9. The molecule has 0 bridgehead atoms. The Labute approximate surface area is 187 Å². The van der Waals surface area contributed by atoms with Crippen LogP contribution in [0.4, 0.5) is 0 Å². The van der Waals surface area contributed by atoms with E-state index in [1.54, 1.807) is 28.1 Å². The van der Waals surface area contributed by atoms with Crippen molar-refractivity contribution >= 4 is 11.8 Å². The Kier molecular flexibility index (Phi) is 5.23. The number of aryl methyl sites for hydroxylation is 1. The lowest BCUT2D eigenvalue weighted by molar-refractivity contribution is -0.159. The number of aliphatic hydroxyl groups excluding tert-OH is 1. The molecule has 0 saturated carbocycles. The van der Waals surface area contributed by atoms with Crippen LogP contribution in [0, 0.1) is 6.92 Å². The number of nitrogens with zero attached hydrogens (tertiary/aromatic N) is 3. The number of benzene rings is 2. The van der Waals surface area contributed by atoms with E-state index in [1.165, 1.54) is 11.8 Å². The summed E-state index contributed by atoms with van der Waals surface area (Å²) in [6, 6.07) is 19.7. The molecule has 3 aromatic rings. The van der Waals surface area contributed by atoms with Crippen LogP contribution < -0.4 is 0 Å². The number of pyridine rings is 1. The van der Waals surface area contributed by atoms with Gasteiger partial charge in [-0.3, -0.25) is 14.6 Å². The number of piperazine rings is 1. The number of fused-ring (bicyclic) bond motifs is 1. The van der Waals surface area contributed by atoms with Gasteiger partial charge in [-0.2, -0.15) is 0 Å². The predicted molar refractivity (Wildman–Crippen MR) is 121 cm³/mol. The highest BCUT2D eigenvalue weighted by Crippen LogP contribution is 2.43. The minimum absolute atomic E-state index is 0.0134. The fourth-order valence-electron chi connectivity index (χ4n) is 4.97. The number of amides is 2. The second kappa shape index (κ2) is 8.20. The molecular weight excluding hydrogens is 402 g/mol. The Morgan fingerprint density at radius 1 is 1.06 bits per heavy atom. The zero-order chi connectivity index (χ0) is 22.2. The average Bonchev–Trinajstić information content (AvgIpc) is 2.81. The number of carbonyl (C=O) groups excluding carboxylic acids is 2. The minimum Gasteiger partial charge on any atom is -0.394 e. The Morgan fingerprint density at radius 2 is 1.75 bits per heavy atom. The molecule has 162 valence electrons. The molecule has 6 nitrogen and oxygen atoms in total. The van der Waals surface area contributed by atoms with Gasteiger partial charge in [-0.05, 0) is 35.7 Å². The van der Waals surface area contributed by atoms with Crippen molar-refractivity contribution in [2.45, 2.75) is 24.9 Å². The minimum atomic E-state index is -0.256. The van der Waals surface area contributed by atoms with Gasteiger partial charge in [0.15, 0.2) is 0 Å². The highest BCUT2D eigenvalue weighted by atomic mass is 16.3. The number of aromatic nitrogens is 1. The molecule has 3 heterocycles. The Bertz CT molecular complexity index is 1130. The van der Waals surface area contributed by atoms with Crippen LogP contribution in [0.3, 0.4) is 0 Å². The van der Waals surface area contributed by atoms with E-state index in [2.05, 4.69) is 60.4 Å². The van der Waals surface area contributed by atoms with Crippen LogP contribution in [0.5, 0.6) is 0 Å². The van der Waals surface area contributed by atoms with Gasteiger partial charge in [-0.1, -0.05) is 54.1 Å². The average molecular weight is 428 g/mol. The van der Waals surface area contributed by atoms with Crippen molar-refractivity contribution in [3.05, 3.63) is 89.7 Å². The molecule has 0 aliphatic carbocycles. The lowest BCUT2D eigenvalue weighted by Gasteiger charge is -2.58. The van der Waals surface area contributed by atoms with E-state index in [9.17, 15) is 14.7 Å². The van der Waals surface area contributed by atoms with Crippen LogP contribution in [0.25, 0.3) is 11.1 Å². The van der Waals surface area contributed by atoms with Crippen LogP contribution in [0.2, 0.25) is 0 Å². The summed E-state index contributed by atoms with van der Waals surface area (Å²) in [6.45, 7) is 2.45. The highest BCUT2D eigenvalue weighted by molar-refractivity contribution is 5.97. The third kappa shape index (κ3) is 3.46. The molecule has 6 heteroatoms. The first kappa shape index (κ1) is 20.4. The van der Waals surface area contributed by atoms with E-state index < -0.39 is 0 Å². The number of hydrogen-bond donors (Lipinski definition) is 1. The Hall–Kier alpha value is -3.51. The standard InChI is InChI=1S/C26H25N3O3/c1-17-4-6-18(7-5-17)19-8-10-20(11-9-19)25-22-14-28(15-24(31)29(22)23(25)16-30)26(32)21-3-2-12-27-13-21/h2-13,22-23,25,30H,14-16H2,1H3/t22-,23+,25-/m0/s1. The van der Waals surface area contributed by atoms with Crippen molar-refractivity contribution in [3.63, 3.8) is 0 Å². The summed E-state index contributed by atoms with van der Waals surface area (Å²) in [5, 5.41) is 10.0. The van der Waals surface area contributed by atoms with Crippen LogP contribution >= 0.6 is 0 Å². The first-order valence-corrected chi connectivity index (χ1v) is 10.8. The zero-order valence-electron chi connectivity index (χ0n) is 17.9. The molecule has 1 N–H and O–H groups in total. The molecule has 3 atom stereocenters. The second-order valence-electron chi connectivity index (χ2n) is 8.56. The van der Waals surface area contributed by atoms with Crippen molar-refractivity contribution in [2.75, 3.05) is 19.7 Å². The fraction of sp³-hybridized carbons (Fsp3) is 0.269. The van der Waals surface area contributed by atoms with E-state index in [0.29, 0.717) is 12.1 Å². The third-order valence-corrected chi connectivity index (χ3v) is 6.63. The SMILES string of the molecule is Cc1ccc(-c2ccc([C@@H]3[C@@H](CO)N4C(=O)CN(C(=O)c5cccnc5)C[C@@H]34)cc2)cc1. The summed E-state index contributed by atoms with van der Waals surface area (Å²) in [7, 11) is 0. The summed E-state index contributed by atoms with van der Waals surface area (Å²) in [4.78, 5) is 33.1. The summed E-state index contributed by atoms with van der Waals surface area (Å²) in [5.74, 6) is -0.322. The van der Waals surface area contributed by atoms with Crippen LogP contribution in [-0.2, 0) is 4.79 Å². The molecule has 0 unspecified atom stereocenters. The molecule has 0 radical (unpaired) electrons. The fourth-order valence-corrected chi connectivity index (χ4v) is 4.97. The van der Waals surface area contributed by atoms with Crippen LogP contribution in [0.15, 0.2) is 73.1 Å². The lowest BCUT2D eigenvalue weighted by Crippen LogP contribution is -2.73. The molecular formula is C26H25N3O3. The largest absolute Gasteiger partial charge is 0.394 e. The number of aliphatic hydroxyl groups is 1. The van der Waals surface area contributed by atoms with Gasteiger partial charge in [-0.25, -0.2) is 0 Å². The molecule has 2 aliphatic rings. The van der Waals surface area contributed by atoms with Gasteiger partial charge in [0.05, 0.1) is 24.3 Å². The second-order valence-corrected chi connectivity index (χ2v) is 8.56. The monoisotopic (exact) mass is 427 g/mol. The van der Waals surface area contributed by atoms with E-state index in [1.807, 2.05) is 0 Å². The van der Waals surface area contributed by atoms with Crippen LogP contribution in [-0.4, -0.2) is 63.5 Å². The van der Waals surface area contributed by atoms with Gasteiger partial charge >= 0.3 is 0 Å². The first-order valence-electron chi connectivity index (χ1n) is 10.8. The summed E-state index contributed by atoms with van der Waals surface area (Å²) in [6.07, 6.45) is 3.14. The first-order chi connectivity index (χ1) is 15.6. The van der Waals surface area contributed by atoms with E-state index >= 15 is 0 Å². The maximum absolute atomic E-state index is 12.9. The normalized spacial score (nSPS) is 22.3. The van der Waals surface area contributed by atoms with E-state index in [0.717, 1.165) is 16.7 Å². The highest BCUT2D eigenvalue weighted by Gasteiger charge is 2.54. The van der Waals surface area contributed by atoms with Crippen LogP contribution in [0.1, 0.15) is 27.4 Å². The lowest BCUT2D eigenvalue weighted by atomic mass is 9.73. The summed E-state index contributed by atoms with van der Waals surface area (Å²) in [5.41, 5.74) is 5.05. The number of carbonyl (C=O) groups is 2. The predicted octanol–water partition coefficient (Wildman–Crippen LogP) is 2.87. The van der Waals surface area contributed by atoms with E-state index in [4.69, 9.17) is 0 Å². The molecule has 2 aromatic carbocycles. The van der Waals surface area contributed by atoms with Gasteiger partial charge in [0.25, 0.3) is 5.91 Å². The molecule has 2 saturated heterocycles. The van der Waals surface area contributed by atoms with Gasteiger partial charge in [0, 0.05) is 24.9 Å². The Balaban J connectivity index is 1.38. The van der Waals surface area contributed by atoms with Crippen molar-refractivity contribution in [1.29, 1.82) is 0 Å². The molecule has 1 aromatic heterocycles. The quantitative estimate of drug-likeness (QED) is 0.695. The summed E-state index contributed by atoms with van der Waals surface area (Å²) < 4.78 is 0. The smallest absolute Gasteiger partial charge is 0.255 e. The number of rotatable bonds is 4. The summed E-state index contributed by atoms with van der Waals surface area (Å²) >= 11 is 0. The van der Waals surface area contributed by atoms with Gasteiger partial charge in [0.1, 0.15) is 6.54 Å². The van der Waals surface area contributed by atoms with Crippen molar-refractivity contribution in [3.8, 4) is 11.1 Å². The van der Waals surface area contributed by atoms with Crippen molar-refractivity contribution in [1.82, 2.24) is 14.8 Å². The van der Waals surface area contributed by atoms with Crippen molar-refractivity contribution < 1.29 is 14.7 Å². The Morgan fingerprint density at radius 3 is 2.38 bits per heavy atom. The topological polar surface area (TPSA) is 73.7 Å². The molecule has 2 fully saturated rings. The van der Waals surface area contributed by atoms with Gasteiger partial charge in [0.2, 0.25) is 5.91 Å². The van der Waals surface area contributed by atoms with E-state index in [-0.39, 0.29) is 43.0 Å². The maximum Gasteiger partial charge on any atom is 0.255 e.